The Morgan fingerprint density at radius 1 is 1.33 bits per heavy atom. The third-order valence-corrected chi connectivity index (χ3v) is 3.80. The van der Waals surface area contributed by atoms with E-state index in [4.69, 9.17) is 0 Å². The van der Waals surface area contributed by atoms with Gasteiger partial charge in [-0.1, -0.05) is 6.92 Å². The Kier molecular flexibility index (Phi) is 5.27. The predicted octanol–water partition coefficient (Wildman–Crippen LogP) is 2.20. The van der Waals surface area contributed by atoms with Crippen molar-refractivity contribution in [3.8, 4) is 0 Å². The second-order valence-electron chi connectivity index (χ2n) is 5.28. The van der Waals surface area contributed by atoms with Crippen LogP contribution in [0.5, 0.6) is 0 Å². The Labute approximate surface area is 124 Å². The standard InChI is InChI=1S/C15H21N3O3/c1-2-11-17(13-7-9-16-10-8-13)15(19)12-3-5-14(6-4-12)18(20)21/h3-6,13,16H,2,7-11H2,1H3. The van der Waals surface area contributed by atoms with Gasteiger partial charge in [-0.05, 0) is 44.5 Å². The fraction of sp³-hybridized carbons (Fsp3) is 0.533. The molecule has 2 rings (SSSR count). The number of amides is 1. The van der Waals surface area contributed by atoms with E-state index in [0.29, 0.717) is 5.56 Å². The van der Waals surface area contributed by atoms with Crippen molar-refractivity contribution in [2.45, 2.75) is 32.2 Å². The van der Waals surface area contributed by atoms with E-state index in [1.807, 2.05) is 4.90 Å². The highest BCUT2D eigenvalue weighted by Gasteiger charge is 2.25. The van der Waals surface area contributed by atoms with Gasteiger partial charge in [0.25, 0.3) is 11.6 Å². The van der Waals surface area contributed by atoms with Gasteiger partial charge in [0, 0.05) is 30.3 Å². The number of non-ortho nitro benzene ring substituents is 1. The molecule has 0 saturated carbocycles. The summed E-state index contributed by atoms with van der Waals surface area (Å²) in [5, 5.41) is 14.0. The van der Waals surface area contributed by atoms with E-state index in [-0.39, 0.29) is 17.6 Å². The monoisotopic (exact) mass is 291 g/mol. The van der Waals surface area contributed by atoms with Crippen molar-refractivity contribution in [1.29, 1.82) is 0 Å². The molecule has 1 heterocycles. The average Bonchev–Trinajstić information content (AvgIpc) is 2.53. The summed E-state index contributed by atoms with van der Waals surface area (Å²) in [6.07, 6.45) is 2.82. The van der Waals surface area contributed by atoms with E-state index in [1.165, 1.54) is 12.1 Å². The predicted molar refractivity (Wildman–Crippen MR) is 80.3 cm³/mol. The zero-order valence-corrected chi connectivity index (χ0v) is 12.2. The number of hydrogen-bond acceptors (Lipinski definition) is 4. The van der Waals surface area contributed by atoms with Crippen molar-refractivity contribution in [2.75, 3.05) is 19.6 Å². The number of benzene rings is 1. The fourth-order valence-corrected chi connectivity index (χ4v) is 2.70. The lowest BCUT2D eigenvalue weighted by Crippen LogP contribution is -2.46. The summed E-state index contributed by atoms with van der Waals surface area (Å²) in [5.41, 5.74) is 0.531. The molecule has 0 aromatic heterocycles. The average molecular weight is 291 g/mol. The van der Waals surface area contributed by atoms with Gasteiger partial charge in [0.1, 0.15) is 0 Å². The molecule has 0 aliphatic carbocycles. The van der Waals surface area contributed by atoms with Crippen molar-refractivity contribution in [1.82, 2.24) is 10.2 Å². The zero-order chi connectivity index (χ0) is 15.2. The van der Waals surface area contributed by atoms with Crippen molar-refractivity contribution >= 4 is 11.6 Å². The third-order valence-electron chi connectivity index (χ3n) is 3.80. The number of carbonyl (C=O) groups is 1. The van der Waals surface area contributed by atoms with Crippen LogP contribution in [-0.2, 0) is 0 Å². The number of carbonyl (C=O) groups excluding carboxylic acids is 1. The SMILES string of the molecule is CCCN(C(=O)c1ccc([N+](=O)[O-])cc1)C1CCNCC1. The lowest BCUT2D eigenvalue weighted by atomic mass is 10.0. The quantitative estimate of drug-likeness (QED) is 0.666. The molecule has 6 nitrogen and oxygen atoms in total. The lowest BCUT2D eigenvalue weighted by molar-refractivity contribution is -0.384. The van der Waals surface area contributed by atoms with E-state index < -0.39 is 4.92 Å². The topological polar surface area (TPSA) is 75.5 Å². The summed E-state index contributed by atoms with van der Waals surface area (Å²) in [7, 11) is 0. The minimum absolute atomic E-state index is 0.00968. The number of piperidine rings is 1. The zero-order valence-electron chi connectivity index (χ0n) is 12.2. The minimum atomic E-state index is -0.453. The van der Waals surface area contributed by atoms with E-state index in [2.05, 4.69) is 12.2 Å². The Morgan fingerprint density at radius 2 is 1.95 bits per heavy atom. The maximum Gasteiger partial charge on any atom is 0.269 e. The molecular weight excluding hydrogens is 270 g/mol. The fourth-order valence-electron chi connectivity index (χ4n) is 2.70. The van der Waals surface area contributed by atoms with Crippen LogP contribution in [0.3, 0.4) is 0 Å². The number of hydrogen-bond donors (Lipinski definition) is 1. The molecule has 0 atom stereocenters. The van der Waals surface area contributed by atoms with Crippen LogP contribution in [0.25, 0.3) is 0 Å². The molecule has 1 aromatic carbocycles. The van der Waals surface area contributed by atoms with Crippen molar-refractivity contribution in [2.24, 2.45) is 0 Å². The number of nitro benzene ring substituents is 1. The molecular formula is C15H21N3O3. The molecule has 1 fully saturated rings. The molecule has 1 amide bonds. The van der Waals surface area contributed by atoms with Crippen LogP contribution in [0, 0.1) is 10.1 Å². The first kappa shape index (κ1) is 15.4. The number of rotatable bonds is 5. The summed E-state index contributed by atoms with van der Waals surface area (Å²) >= 11 is 0. The molecule has 21 heavy (non-hydrogen) atoms. The summed E-state index contributed by atoms with van der Waals surface area (Å²) in [6.45, 7) is 4.63. The Balaban J connectivity index is 2.14. The Bertz CT molecular complexity index is 495. The molecule has 1 aliphatic rings. The van der Waals surface area contributed by atoms with Gasteiger partial charge < -0.3 is 10.2 Å². The van der Waals surface area contributed by atoms with Crippen LogP contribution in [0.15, 0.2) is 24.3 Å². The van der Waals surface area contributed by atoms with Crippen LogP contribution < -0.4 is 5.32 Å². The smallest absolute Gasteiger partial charge is 0.269 e. The maximum absolute atomic E-state index is 12.7. The van der Waals surface area contributed by atoms with E-state index in [9.17, 15) is 14.9 Å². The van der Waals surface area contributed by atoms with Crippen LogP contribution in [0.2, 0.25) is 0 Å². The van der Waals surface area contributed by atoms with Crippen molar-refractivity contribution in [3.63, 3.8) is 0 Å². The summed E-state index contributed by atoms with van der Waals surface area (Å²) in [5.74, 6) is -0.0290. The highest BCUT2D eigenvalue weighted by atomic mass is 16.6. The second-order valence-corrected chi connectivity index (χ2v) is 5.28. The highest BCUT2D eigenvalue weighted by molar-refractivity contribution is 5.94. The summed E-state index contributed by atoms with van der Waals surface area (Å²) < 4.78 is 0. The van der Waals surface area contributed by atoms with Gasteiger partial charge >= 0.3 is 0 Å². The number of nitrogens with zero attached hydrogens (tertiary/aromatic N) is 2. The Hall–Kier alpha value is -1.95. The first-order valence-corrected chi connectivity index (χ1v) is 7.39. The molecule has 6 heteroatoms. The first-order valence-electron chi connectivity index (χ1n) is 7.39. The normalized spacial score (nSPS) is 15.7. The second kappa shape index (κ2) is 7.17. The molecule has 1 aromatic rings. The van der Waals surface area contributed by atoms with Crippen LogP contribution in [0.1, 0.15) is 36.5 Å². The van der Waals surface area contributed by atoms with Crippen LogP contribution in [0.4, 0.5) is 5.69 Å². The van der Waals surface area contributed by atoms with Gasteiger partial charge in [-0.2, -0.15) is 0 Å². The van der Waals surface area contributed by atoms with Gasteiger partial charge in [-0.25, -0.2) is 0 Å². The molecule has 0 radical (unpaired) electrons. The van der Waals surface area contributed by atoms with E-state index in [1.54, 1.807) is 12.1 Å². The van der Waals surface area contributed by atoms with Gasteiger partial charge in [-0.3, -0.25) is 14.9 Å². The van der Waals surface area contributed by atoms with Crippen LogP contribution in [-0.4, -0.2) is 41.4 Å². The van der Waals surface area contributed by atoms with E-state index >= 15 is 0 Å². The number of nitrogens with one attached hydrogen (secondary N) is 1. The summed E-state index contributed by atoms with van der Waals surface area (Å²) in [4.78, 5) is 24.8. The van der Waals surface area contributed by atoms with Gasteiger partial charge in [0.15, 0.2) is 0 Å². The maximum atomic E-state index is 12.7. The number of nitro groups is 1. The van der Waals surface area contributed by atoms with Crippen molar-refractivity contribution < 1.29 is 9.72 Å². The lowest BCUT2D eigenvalue weighted by Gasteiger charge is -2.34. The minimum Gasteiger partial charge on any atom is -0.336 e. The molecule has 0 bridgehead atoms. The molecule has 1 saturated heterocycles. The van der Waals surface area contributed by atoms with Gasteiger partial charge in [-0.15, -0.1) is 0 Å². The molecule has 114 valence electrons. The van der Waals surface area contributed by atoms with E-state index in [0.717, 1.165) is 38.9 Å². The largest absolute Gasteiger partial charge is 0.336 e. The third kappa shape index (κ3) is 3.78. The Morgan fingerprint density at radius 3 is 2.48 bits per heavy atom. The molecule has 0 unspecified atom stereocenters. The van der Waals surface area contributed by atoms with Gasteiger partial charge in [0.2, 0.25) is 0 Å². The summed E-state index contributed by atoms with van der Waals surface area (Å²) in [6, 6.07) is 6.13. The highest BCUT2D eigenvalue weighted by Crippen LogP contribution is 2.18. The van der Waals surface area contributed by atoms with Crippen molar-refractivity contribution in [3.05, 3.63) is 39.9 Å². The molecule has 0 spiro atoms. The first-order chi connectivity index (χ1) is 10.1. The molecule has 1 N–H and O–H groups in total. The molecule has 1 aliphatic heterocycles. The van der Waals surface area contributed by atoms with Gasteiger partial charge in [0.05, 0.1) is 4.92 Å². The van der Waals surface area contributed by atoms with Crippen LogP contribution >= 0.6 is 0 Å².